The molecule has 3 aliphatic rings. The Kier molecular flexibility index (Phi) is 3.74. The quantitative estimate of drug-likeness (QED) is 0.792. The number of carbonyl (C=O) groups is 1. The zero-order valence-corrected chi connectivity index (χ0v) is 14.8. The fourth-order valence-corrected chi connectivity index (χ4v) is 7.23. The van der Waals surface area contributed by atoms with Crippen LogP contribution >= 0.6 is 0 Å². The molecular weight excluding hydrogens is 302 g/mol. The SMILES string of the molecule is C[C@@H]1CN(S(=O)(=O)C[C@]23CC[C@@H](CC2=O)C3(C)C)C[C@H](C)O1. The third-order valence-corrected chi connectivity index (χ3v) is 8.29. The molecule has 3 rings (SSSR count). The van der Waals surface area contributed by atoms with E-state index in [4.69, 9.17) is 4.74 Å². The average Bonchev–Trinajstić information content (AvgIpc) is 2.71. The molecule has 1 aliphatic heterocycles. The average molecular weight is 329 g/mol. The van der Waals surface area contributed by atoms with Gasteiger partial charge in [0.15, 0.2) is 0 Å². The van der Waals surface area contributed by atoms with Crippen LogP contribution in [0.25, 0.3) is 0 Å². The number of morpholine rings is 1. The Morgan fingerprint density at radius 3 is 2.27 bits per heavy atom. The summed E-state index contributed by atoms with van der Waals surface area (Å²) in [5.41, 5.74) is -0.887. The molecule has 0 radical (unpaired) electrons. The van der Waals surface area contributed by atoms with E-state index in [9.17, 15) is 13.2 Å². The van der Waals surface area contributed by atoms with Crippen LogP contribution in [0.4, 0.5) is 0 Å². The van der Waals surface area contributed by atoms with Crippen molar-refractivity contribution in [3.63, 3.8) is 0 Å². The molecule has 22 heavy (non-hydrogen) atoms. The Morgan fingerprint density at radius 1 is 1.23 bits per heavy atom. The third-order valence-electron chi connectivity index (χ3n) is 6.35. The first-order valence-corrected chi connectivity index (χ1v) is 9.86. The molecule has 0 spiro atoms. The van der Waals surface area contributed by atoms with Crippen molar-refractivity contribution in [2.75, 3.05) is 18.8 Å². The monoisotopic (exact) mass is 329 g/mol. The number of Topliss-reactive ketones (excluding diaryl/α,β-unsaturated/α-hetero) is 1. The van der Waals surface area contributed by atoms with E-state index in [2.05, 4.69) is 13.8 Å². The molecular formula is C16H27NO4S. The lowest BCUT2D eigenvalue weighted by atomic mass is 9.70. The van der Waals surface area contributed by atoms with Gasteiger partial charge in [0.2, 0.25) is 10.0 Å². The lowest BCUT2D eigenvalue weighted by Gasteiger charge is -2.40. The number of sulfonamides is 1. The minimum atomic E-state index is -3.45. The van der Waals surface area contributed by atoms with Gasteiger partial charge in [-0.25, -0.2) is 8.42 Å². The van der Waals surface area contributed by atoms with Crippen LogP contribution in [-0.4, -0.2) is 49.6 Å². The Balaban J connectivity index is 1.87. The molecule has 4 atom stereocenters. The predicted molar refractivity (Wildman–Crippen MR) is 83.9 cm³/mol. The first kappa shape index (κ1) is 16.4. The van der Waals surface area contributed by atoms with Gasteiger partial charge in [0.1, 0.15) is 5.78 Å². The van der Waals surface area contributed by atoms with Crippen molar-refractivity contribution in [1.82, 2.24) is 4.31 Å². The number of rotatable bonds is 3. The molecule has 0 amide bonds. The number of fused-ring (bicyclic) bond motifs is 2. The van der Waals surface area contributed by atoms with Crippen LogP contribution in [0.3, 0.4) is 0 Å². The Labute approximate surface area is 133 Å². The Morgan fingerprint density at radius 2 is 1.82 bits per heavy atom. The van der Waals surface area contributed by atoms with E-state index < -0.39 is 15.4 Å². The minimum Gasteiger partial charge on any atom is -0.373 e. The summed E-state index contributed by atoms with van der Waals surface area (Å²) in [6.07, 6.45) is 2.06. The molecule has 3 fully saturated rings. The first-order valence-electron chi connectivity index (χ1n) is 8.25. The predicted octanol–water partition coefficient (Wildman–Crippen LogP) is 1.82. The van der Waals surface area contributed by atoms with Crippen molar-refractivity contribution < 1.29 is 17.9 Å². The van der Waals surface area contributed by atoms with E-state index >= 15 is 0 Å². The van der Waals surface area contributed by atoms with Gasteiger partial charge < -0.3 is 4.74 Å². The highest BCUT2D eigenvalue weighted by atomic mass is 32.2. The second kappa shape index (κ2) is 5.02. The van der Waals surface area contributed by atoms with Gasteiger partial charge in [0.25, 0.3) is 0 Å². The normalized spacial score (nSPS) is 42.0. The number of ether oxygens (including phenoxy) is 1. The highest BCUT2D eigenvalue weighted by Gasteiger charge is 2.65. The maximum atomic E-state index is 13.0. The van der Waals surface area contributed by atoms with E-state index in [0.29, 0.717) is 25.4 Å². The van der Waals surface area contributed by atoms with E-state index in [1.54, 1.807) is 0 Å². The number of hydrogen-bond acceptors (Lipinski definition) is 4. The molecule has 2 saturated carbocycles. The highest BCUT2D eigenvalue weighted by molar-refractivity contribution is 7.89. The summed E-state index contributed by atoms with van der Waals surface area (Å²) in [6, 6.07) is 0. The number of hydrogen-bond donors (Lipinski definition) is 0. The molecule has 1 heterocycles. The third kappa shape index (κ3) is 2.26. The zero-order chi connectivity index (χ0) is 16.3. The smallest absolute Gasteiger partial charge is 0.215 e. The Bertz CT molecular complexity index is 575. The van der Waals surface area contributed by atoms with Gasteiger partial charge in [-0.05, 0) is 38.0 Å². The summed E-state index contributed by atoms with van der Waals surface area (Å²) in [4.78, 5) is 12.6. The standard InChI is InChI=1S/C16H27NO4S/c1-11-8-17(9-12(2)21-11)22(19,20)10-16-6-5-13(7-14(16)18)15(16,3)4/h11-13H,5-10H2,1-4H3/t11-,12+,13-,16+/m0/s1. The number of ketones is 1. The van der Waals surface area contributed by atoms with Crippen LogP contribution in [0.2, 0.25) is 0 Å². The summed E-state index contributed by atoms with van der Waals surface area (Å²) >= 11 is 0. The molecule has 2 bridgehead atoms. The van der Waals surface area contributed by atoms with Gasteiger partial charge in [-0.15, -0.1) is 0 Å². The lowest BCUT2D eigenvalue weighted by Crippen LogP contribution is -2.52. The zero-order valence-electron chi connectivity index (χ0n) is 14.0. The van der Waals surface area contributed by atoms with Crippen LogP contribution in [0, 0.1) is 16.7 Å². The summed E-state index contributed by atoms with van der Waals surface area (Å²) in [6.45, 7) is 8.73. The van der Waals surface area contributed by atoms with Crippen molar-refractivity contribution in [2.24, 2.45) is 16.7 Å². The fourth-order valence-electron chi connectivity index (χ4n) is 4.87. The lowest BCUT2D eigenvalue weighted by molar-refractivity contribution is -0.128. The van der Waals surface area contributed by atoms with E-state index in [1.807, 2.05) is 13.8 Å². The van der Waals surface area contributed by atoms with Gasteiger partial charge >= 0.3 is 0 Å². The maximum Gasteiger partial charge on any atom is 0.215 e. The summed E-state index contributed by atoms with van der Waals surface area (Å²) in [5, 5.41) is 0. The van der Waals surface area contributed by atoms with Crippen molar-refractivity contribution in [2.45, 2.75) is 59.2 Å². The van der Waals surface area contributed by atoms with Crippen LogP contribution in [0.15, 0.2) is 0 Å². The molecule has 0 unspecified atom stereocenters. The molecule has 0 N–H and O–H groups in total. The molecule has 6 heteroatoms. The van der Waals surface area contributed by atoms with Crippen molar-refractivity contribution in [3.8, 4) is 0 Å². The van der Waals surface area contributed by atoms with Gasteiger partial charge in [-0.3, -0.25) is 4.79 Å². The molecule has 0 aromatic carbocycles. The van der Waals surface area contributed by atoms with Crippen molar-refractivity contribution >= 4 is 15.8 Å². The minimum absolute atomic E-state index is 0.0260. The summed E-state index contributed by atoms with van der Waals surface area (Å²) in [7, 11) is -3.45. The first-order chi connectivity index (χ1) is 10.1. The van der Waals surface area contributed by atoms with Gasteiger partial charge in [-0.1, -0.05) is 13.8 Å². The molecule has 126 valence electrons. The second-order valence-electron chi connectivity index (χ2n) is 8.00. The van der Waals surface area contributed by atoms with Crippen LogP contribution in [0.5, 0.6) is 0 Å². The van der Waals surface area contributed by atoms with E-state index in [-0.39, 0.29) is 29.2 Å². The van der Waals surface area contributed by atoms with Crippen LogP contribution < -0.4 is 0 Å². The number of carbonyl (C=O) groups excluding carboxylic acids is 1. The second-order valence-corrected chi connectivity index (χ2v) is 9.97. The molecule has 0 aromatic heterocycles. The molecule has 2 aliphatic carbocycles. The van der Waals surface area contributed by atoms with E-state index in [0.717, 1.165) is 12.8 Å². The fraction of sp³-hybridized carbons (Fsp3) is 0.938. The largest absolute Gasteiger partial charge is 0.373 e. The summed E-state index contributed by atoms with van der Waals surface area (Å²) < 4.78 is 33.1. The summed E-state index contributed by atoms with van der Waals surface area (Å²) in [5.74, 6) is 0.478. The number of nitrogens with zero attached hydrogens (tertiary/aromatic N) is 1. The van der Waals surface area contributed by atoms with Gasteiger partial charge in [0.05, 0.1) is 18.0 Å². The van der Waals surface area contributed by atoms with Crippen LogP contribution in [-0.2, 0) is 19.6 Å². The van der Waals surface area contributed by atoms with Gasteiger partial charge in [0, 0.05) is 24.9 Å². The highest BCUT2D eigenvalue weighted by Crippen LogP contribution is 2.64. The topological polar surface area (TPSA) is 63.7 Å². The molecule has 0 aromatic rings. The molecule has 5 nitrogen and oxygen atoms in total. The maximum absolute atomic E-state index is 13.0. The molecule has 1 saturated heterocycles. The van der Waals surface area contributed by atoms with E-state index in [1.165, 1.54) is 4.31 Å². The van der Waals surface area contributed by atoms with Crippen molar-refractivity contribution in [1.29, 1.82) is 0 Å². The van der Waals surface area contributed by atoms with Crippen molar-refractivity contribution in [3.05, 3.63) is 0 Å². The Hall–Kier alpha value is -0.460. The van der Waals surface area contributed by atoms with Crippen LogP contribution in [0.1, 0.15) is 47.0 Å². The van der Waals surface area contributed by atoms with Gasteiger partial charge in [-0.2, -0.15) is 4.31 Å².